The maximum absolute atomic E-state index is 11.2. The number of hydrogen-bond donors (Lipinski definition) is 2. The first kappa shape index (κ1) is 22.2. The highest BCUT2D eigenvalue weighted by Gasteiger charge is 2.35. The van der Waals surface area contributed by atoms with Crippen molar-refractivity contribution in [3.8, 4) is 11.5 Å². The van der Waals surface area contributed by atoms with E-state index in [1.807, 2.05) is 12.1 Å². The fourth-order valence-corrected chi connectivity index (χ4v) is 5.98. The van der Waals surface area contributed by atoms with Crippen molar-refractivity contribution in [2.24, 2.45) is 11.8 Å². The van der Waals surface area contributed by atoms with Crippen LogP contribution in [0.15, 0.2) is 36.4 Å². The zero-order chi connectivity index (χ0) is 22.2. The van der Waals surface area contributed by atoms with Crippen LogP contribution in [0.2, 0.25) is 0 Å². The Morgan fingerprint density at radius 2 is 1.03 bits per heavy atom. The smallest absolute Gasteiger partial charge is 0.122 e. The first-order valence-electron chi connectivity index (χ1n) is 12.3. The average Bonchev–Trinajstić information content (AvgIpc) is 2.75. The number of para-hydroxylation sites is 2. The lowest BCUT2D eigenvalue weighted by molar-refractivity contribution is 0.254. The van der Waals surface area contributed by atoms with Crippen molar-refractivity contribution in [2.45, 2.75) is 96.3 Å². The van der Waals surface area contributed by atoms with Gasteiger partial charge in [-0.15, -0.1) is 0 Å². The molecule has 2 saturated carbocycles. The van der Waals surface area contributed by atoms with E-state index in [0.29, 0.717) is 17.9 Å². The largest absolute Gasteiger partial charge is 0.507 e. The normalized spacial score (nSPS) is 31.5. The predicted octanol–water partition coefficient (Wildman–Crippen LogP) is 7.62. The van der Waals surface area contributed by atoms with Gasteiger partial charge in [-0.1, -0.05) is 64.1 Å². The highest BCUT2D eigenvalue weighted by atomic mass is 16.3. The third-order valence-electron chi connectivity index (χ3n) is 8.68. The lowest BCUT2D eigenvalue weighted by Crippen LogP contribution is -2.28. The van der Waals surface area contributed by atoms with E-state index in [4.69, 9.17) is 0 Å². The molecule has 0 heterocycles. The molecule has 31 heavy (non-hydrogen) atoms. The fraction of sp³-hybridized carbons (Fsp3) is 0.586. The molecule has 2 nitrogen and oxygen atoms in total. The average molecular weight is 421 g/mol. The molecule has 0 amide bonds. The molecule has 0 unspecified atom stereocenters. The van der Waals surface area contributed by atoms with Gasteiger partial charge in [-0.05, 0) is 85.2 Å². The van der Waals surface area contributed by atoms with Gasteiger partial charge in [0, 0.05) is 17.5 Å². The molecule has 2 aromatic carbocycles. The highest BCUT2D eigenvalue weighted by molar-refractivity contribution is 5.51. The molecule has 2 heteroatoms. The quantitative estimate of drug-likeness (QED) is 0.534. The molecule has 168 valence electrons. The second-order valence-electron chi connectivity index (χ2n) is 11.3. The lowest BCUT2D eigenvalue weighted by atomic mass is 9.67. The second kappa shape index (κ2) is 8.52. The number of aromatic hydroxyl groups is 2. The summed E-state index contributed by atoms with van der Waals surface area (Å²) in [5.74, 6) is 2.42. The highest BCUT2D eigenvalue weighted by Crippen LogP contribution is 2.47. The summed E-state index contributed by atoms with van der Waals surface area (Å²) in [5.41, 5.74) is 4.10. The SMILES string of the molecule is CC1CCC(C)(c2cccc(Cc3cccc(C4(C)CCC(C)CC4)c3O)c2O)CC1. The van der Waals surface area contributed by atoms with Crippen LogP contribution >= 0.6 is 0 Å². The summed E-state index contributed by atoms with van der Waals surface area (Å²) in [5, 5.41) is 22.5. The minimum Gasteiger partial charge on any atom is -0.507 e. The van der Waals surface area contributed by atoms with Gasteiger partial charge in [0.05, 0.1) is 0 Å². The number of hydrogen-bond acceptors (Lipinski definition) is 2. The van der Waals surface area contributed by atoms with E-state index < -0.39 is 0 Å². The summed E-state index contributed by atoms with van der Waals surface area (Å²) in [6.45, 7) is 9.28. The van der Waals surface area contributed by atoms with Crippen molar-refractivity contribution in [3.63, 3.8) is 0 Å². The van der Waals surface area contributed by atoms with Gasteiger partial charge in [-0.25, -0.2) is 0 Å². The third kappa shape index (κ3) is 4.36. The minimum absolute atomic E-state index is 0.0444. The molecule has 2 aromatic rings. The predicted molar refractivity (Wildman–Crippen MR) is 129 cm³/mol. The number of benzene rings is 2. The van der Waals surface area contributed by atoms with Crippen molar-refractivity contribution in [2.75, 3.05) is 0 Å². The summed E-state index contributed by atoms with van der Waals surface area (Å²) < 4.78 is 0. The second-order valence-corrected chi connectivity index (χ2v) is 11.3. The van der Waals surface area contributed by atoms with E-state index in [0.717, 1.165) is 59.8 Å². The van der Waals surface area contributed by atoms with E-state index in [-0.39, 0.29) is 10.8 Å². The molecule has 2 aliphatic carbocycles. The number of rotatable bonds is 4. The van der Waals surface area contributed by atoms with Gasteiger partial charge in [0.1, 0.15) is 11.5 Å². The Kier molecular flexibility index (Phi) is 6.12. The molecule has 0 aliphatic heterocycles. The first-order valence-corrected chi connectivity index (χ1v) is 12.3. The maximum Gasteiger partial charge on any atom is 0.122 e. The Morgan fingerprint density at radius 1 is 0.677 bits per heavy atom. The summed E-state index contributed by atoms with van der Waals surface area (Å²) in [6, 6.07) is 12.4. The van der Waals surface area contributed by atoms with Crippen LogP contribution in [0.5, 0.6) is 11.5 Å². The summed E-state index contributed by atoms with van der Waals surface area (Å²) >= 11 is 0. The van der Waals surface area contributed by atoms with Crippen LogP contribution in [-0.2, 0) is 17.3 Å². The molecule has 2 aliphatic rings. The van der Waals surface area contributed by atoms with Gasteiger partial charge in [0.15, 0.2) is 0 Å². The molecule has 2 fully saturated rings. The molecule has 0 atom stereocenters. The van der Waals surface area contributed by atoms with Gasteiger partial charge >= 0.3 is 0 Å². The lowest BCUT2D eigenvalue weighted by Gasteiger charge is -2.38. The third-order valence-corrected chi connectivity index (χ3v) is 8.68. The zero-order valence-electron chi connectivity index (χ0n) is 19.9. The van der Waals surface area contributed by atoms with Gasteiger partial charge in [0.25, 0.3) is 0 Å². The van der Waals surface area contributed by atoms with Crippen LogP contribution in [0.1, 0.15) is 101 Å². The Bertz CT molecular complexity index is 837. The Balaban J connectivity index is 1.62. The number of phenols is 2. The first-order chi connectivity index (χ1) is 14.7. The van der Waals surface area contributed by atoms with Crippen molar-refractivity contribution < 1.29 is 10.2 Å². The zero-order valence-corrected chi connectivity index (χ0v) is 19.9. The van der Waals surface area contributed by atoms with Crippen molar-refractivity contribution in [1.29, 1.82) is 0 Å². The molecule has 4 rings (SSSR count). The molecular formula is C29H40O2. The van der Waals surface area contributed by atoms with E-state index in [9.17, 15) is 10.2 Å². The Morgan fingerprint density at radius 3 is 1.39 bits per heavy atom. The van der Waals surface area contributed by atoms with E-state index >= 15 is 0 Å². The van der Waals surface area contributed by atoms with Crippen LogP contribution < -0.4 is 0 Å². The summed E-state index contributed by atoms with van der Waals surface area (Å²) in [4.78, 5) is 0. The fourth-order valence-electron chi connectivity index (χ4n) is 5.98. The topological polar surface area (TPSA) is 40.5 Å². The summed E-state index contributed by atoms with van der Waals surface area (Å²) in [6.07, 6.45) is 9.97. The Labute approximate surface area is 188 Å². The van der Waals surface area contributed by atoms with Gasteiger partial charge in [0.2, 0.25) is 0 Å². The number of phenolic OH excluding ortho intramolecular Hbond substituents is 2. The molecule has 0 saturated heterocycles. The molecular weight excluding hydrogens is 380 g/mol. The van der Waals surface area contributed by atoms with Crippen LogP contribution in [0.25, 0.3) is 0 Å². The molecule has 0 bridgehead atoms. The molecule has 0 aromatic heterocycles. The van der Waals surface area contributed by atoms with Gasteiger partial charge in [-0.3, -0.25) is 0 Å². The monoisotopic (exact) mass is 420 g/mol. The van der Waals surface area contributed by atoms with Gasteiger partial charge in [-0.2, -0.15) is 0 Å². The van der Waals surface area contributed by atoms with Crippen molar-refractivity contribution in [1.82, 2.24) is 0 Å². The molecule has 0 spiro atoms. The molecule has 2 N–H and O–H groups in total. The maximum atomic E-state index is 11.2. The van der Waals surface area contributed by atoms with E-state index in [2.05, 4.69) is 52.0 Å². The minimum atomic E-state index is 0.0444. The van der Waals surface area contributed by atoms with Crippen LogP contribution in [0.3, 0.4) is 0 Å². The van der Waals surface area contributed by atoms with E-state index in [1.165, 1.54) is 25.7 Å². The molecule has 0 radical (unpaired) electrons. The van der Waals surface area contributed by atoms with Crippen LogP contribution in [0, 0.1) is 11.8 Å². The van der Waals surface area contributed by atoms with Crippen molar-refractivity contribution in [3.05, 3.63) is 58.7 Å². The standard InChI is InChI=1S/C29H40O2/c1-20-11-15-28(3,16-12-20)24-9-5-7-22(26(24)30)19-23-8-6-10-25(27(23)31)29(4)17-13-21(2)14-18-29/h5-10,20-21,30-31H,11-19H2,1-4H3. The Hall–Kier alpha value is -1.96. The van der Waals surface area contributed by atoms with Crippen LogP contribution in [0.4, 0.5) is 0 Å². The van der Waals surface area contributed by atoms with Crippen LogP contribution in [-0.4, -0.2) is 10.2 Å². The van der Waals surface area contributed by atoms with Gasteiger partial charge < -0.3 is 10.2 Å². The van der Waals surface area contributed by atoms with Crippen molar-refractivity contribution >= 4 is 0 Å². The summed E-state index contributed by atoms with van der Waals surface area (Å²) in [7, 11) is 0. The van der Waals surface area contributed by atoms with E-state index in [1.54, 1.807) is 0 Å².